The Morgan fingerprint density at radius 2 is 1.59 bits per heavy atom. The van der Waals surface area contributed by atoms with Gasteiger partial charge in [0.2, 0.25) is 5.78 Å². The molecular weight excluding hydrogens is 360 g/mol. The van der Waals surface area contributed by atoms with Crippen LogP contribution in [0.2, 0.25) is 0 Å². The van der Waals surface area contributed by atoms with Crippen molar-refractivity contribution in [3.8, 4) is 0 Å². The Bertz CT molecular complexity index is 851. The van der Waals surface area contributed by atoms with Crippen LogP contribution in [0.4, 0.5) is 4.79 Å². The van der Waals surface area contributed by atoms with Gasteiger partial charge in [0.25, 0.3) is 0 Å². The van der Waals surface area contributed by atoms with Crippen LogP contribution in [0.25, 0.3) is 4.91 Å². The molecule has 0 bridgehead atoms. The molecule has 1 aliphatic heterocycles. The first-order valence-electron chi connectivity index (χ1n) is 8.75. The van der Waals surface area contributed by atoms with E-state index in [4.69, 9.17) is 9.47 Å². The highest BCUT2D eigenvalue weighted by atomic mass is 32.2. The molecule has 1 atom stereocenters. The van der Waals surface area contributed by atoms with E-state index in [-0.39, 0.29) is 23.6 Å². The number of ketones is 1. The zero-order valence-electron chi connectivity index (χ0n) is 15.6. The van der Waals surface area contributed by atoms with Gasteiger partial charge in [0, 0.05) is 0 Å². The van der Waals surface area contributed by atoms with Crippen molar-refractivity contribution in [2.24, 2.45) is 5.41 Å². The molecule has 0 aliphatic carbocycles. The van der Waals surface area contributed by atoms with Crippen molar-refractivity contribution >= 4 is 28.6 Å². The van der Waals surface area contributed by atoms with Gasteiger partial charge in [-0.15, -0.1) is 11.8 Å². The Hall–Kier alpha value is -2.53. The zero-order chi connectivity index (χ0) is 19.4. The molecular formula is C22H22O4S. The van der Waals surface area contributed by atoms with Gasteiger partial charge in [-0.25, -0.2) is 4.79 Å². The van der Waals surface area contributed by atoms with E-state index >= 15 is 0 Å². The van der Waals surface area contributed by atoms with Crippen molar-refractivity contribution in [2.45, 2.75) is 26.0 Å². The minimum atomic E-state index is -0.851. The lowest BCUT2D eigenvalue weighted by molar-refractivity contribution is -0.117. The molecule has 2 aromatic carbocycles. The van der Waals surface area contributed by atoms with Crippen LogP contribution < -0.4 is 0 Å². The average molecular weight is 382 g/mol. The van der Waals surface area contributed by atoms with Crippen LogP contribution in [0.15, 0.2) is 66.4 Å². The topological polar surface area (TPSA) is 52.6 Å². The molecule has 0 spiro atoms. The maximum Gasteiger partial charge on any atom is 0.514 e. The SMILES string of the molecule is CC(C)(C)COC(=O)OC1=C(c2ccccc2)SC(c2ccccc2)C1=O. The van der Waals surface area contributed by atoms with E-state index in [1.165, 1.54) is 11.8 Å². The van der Waals surface area contributed by atoms with E-state index in [2.05, 4.69) is 0 Å². The largest absolute Gasteiger partial charge is 0.514 e. The molecule has 1 aliphatic rings. The third-order valence-electron chi connectivity index (χ3n) is 3.85. The first-order valence-corrected chi connectivity index (χ1v) is 9.63. The lowest BCUT2D eigenvalue weighted by atomic mass is 9.99. The van der Waals surface area contributed by atoms with Crippen molar-refractivity contribution in [3.05, 3.63) is 77.5 Å². The molecule has 0 aromatic heterocycles. The number of Topliss-reactive ketones (excluding diaryl/α,β-unsaturated/α-hetero) is 1. The summed E-state index contributed by atoms with van der Waals surface area (Å²) >= 11 is 1.40. The molecule has 2 aromatic rings. The Balaban J connectivity index is 1.87. The molecule has 27 heavy (non-hydrogen) atoms. The zero-order valence-corrected chi connectivity index (χ0v) is 16.4. The summed E-state index contributed by atoms with van der Waals surface area (Å²) in [6.45, 7) is 6.08. The summed E-state index contributed by atoms with van der Waals surface area (Å²) < 4.78 is 10.6. The number of allylic oxidation sites excluding steroid dienone is 1. The normalized spacial score (nSPS) is 17.1. The second-order valence-corrected chi connectivity index (χ2v) is 8.61. The van der Waals surface area contributed by atoms with E-state index in [0.717, 1.165) is 11.1 Å². The van der Waals surface area contributed by atoms with Crippen LogP contribution in [0.1, 0.15) is 37.1 Å². The first-order chi connectivity index (χ1) is 12.8. The van der Waals surface area contributed by atoms with Crippen molar-refractivity contribution in [3.63, 3.8) is 0 Å². The summed E-state index contributed by atoms with van der Waals surface area (Å²) in [4.78, 5) is 25.8. The third kappa shape index (κ3) is 4.80. The molecule has 0 saturated carbocycles. The van der Waals surface area contributed by atoms with Gasteiger partial charge in [0.15, 0.2) is 5.76 Å². The number of hydrogen-bond donors (Lipinski definition) is 0. The van der Waals surface area contributed by atoms with Gasteiger partial charge >= 0.3 is 6.16 Å². The summed E-state index contributed by atoms with van der Waals surface area (Å²) in [5.74, 6) is -0.170. The molecule has 0 radical (unpaired) electrons. The minimum Gasteiger partial charge on any atom is -0.433 e. The fourth-order valence-corrected chi connectivity index (χ4v) is 3.84. The third-order valence-corrected chi connectivity index (χ3v) is 5.23. The average Bonchev–Trinajstić information content (AvgIpc) is 2.97. The molecule has 140 valence electrons. The van der Waals surface area contributed by atoms with Crippen LogP contribution >= 0.6 is 11.8 Å². The van der Waals surface area contributed by atoms with Gasteiger partial charge in [-0.1, -0.05) is 81.4 Å². The van der Waals surface area contributed by atoms with Crippen LogP contribution in [0.5, 0.6) is 0 Å². The van der Waals surface area contributed by atoms with Crippen molar-refractivity contribution in [1.82, 2.24) is 0 Å². The lowest BCUT2D eigenvalue weighted by Gasteiger charge is -2.17. The van der Waals surface area contributed by atoms with E-state index < -0.39 is 11.4 Å². The van der Waals surface area contributed by atoms with Crippen LogP contribution in [0.3, 0.4) is 0 Å². The van der Waals surface area contributed by atoms with Gasteiger partial charge < -0.3 is 9.47 Å². The molecule has 0 N–H and O–H groups in total. The quantitative estimate of drug-likeness (QED) is 0.643. The summed E-state index contributed by atoms with van der Waals surface area (Å²) in [7, 11) is 0. The van der Waals surface area contributed by atoms with Crippen LogP contribution in [-0.4, -0.2) is 18.5 Å². The number of rotatable bonds is 4. The number of hydrogen-bond acceptors (Lipinski definition) is 5. The first kappa shape index (κ1) is 19.2. The molecule has 0 amide bonds. The van der Waals surface area contributed by atoms with E-state index in [1.807, 2.05) is 81.4 Å². The van der Waals surface area contributed by atoms with Crippen molar-refractivity contribution in [2.75, 3.05) is 6.61 Å². The van der Waals surface area contributed by atoms with Gasteiger partial charge in [-0.2, -0.15) is 0 Å². The molecule has 5 heteroatoms. The number of thioether (sulfide) groups is 1. The highest BCUT2D eigenvalue weighted by Crippen LogP contribution is 2.50. The minimum absolute atomic E-state index is 0.0546. The molecule has 3 rings (SSSR count). The molecule has 0 fully saturated rings. The maximum atomic E-state index is 13.0. The Kier molecular flexibility index (Phi) is 5.71. The molecule has 1 unspecified atom stereocenters. The highest BCUT2D eigenvalue weighted by molar-refractivity contribution is 8.09. The number of carbonyl (C=O) groups is 2. The van der Waals surface area contributed by atoms with E-state index in [0.29, 0.717) is 4.91 Å². The summed E-state index contributed by atoms with van der Waals surface area (Å²) in [6.07, 6.45) is -0.851. The smallest absolute Gasteiger partial charge is 0.433 e. The Morgan fingerprint density at radius 3 is 2.19 bits per heavy atom. The van der Waals surface area contributed by atoms with Crippen molar-refractivity contribution < 1.29 is 19.1 Å². The molecule has 0 saturated heterocycles. The Labute approximate surface area is 163 Å². The van der Waals surface area contributed by atoms with Crippen LogP contribution in [0, 0.1) is 5.41 Å². The number of benzene rings is 2. The standard InChI is InChI=1S/C22H22O4S/c1-22(2,3)14-25-21(24)26-18-17(23)19(15-10-6-4-7-11-15)27-20(18)16-12-8-5-9-13-16/h4-13,19H,14H2,1-3H3. The fourth-order valence-electron chi connectivity index (χ4n) is 2.58. The van der Waals surface area contributed by atoms with Gasteiger partial charge in [-0.3, -0.25) is 4.79 Å². The molecule has 1 heterocycles. The van der Waals surface area contributed by atoms with Gasteiger partial charge in [0.05, 0.1) is 11.5 Å². The van der Waals surface area contributed by atoms with Crippen LogP contribution in [-0.2, 0) is 14.3 Å². The molecule has 4 nitrogen and oxygen atoms in total. The van der Waals surface area contributed by atoms with E-state index in [1.54, 1.807) is 0 Å². The highest BCUT2D eigenvalue weighted by Gasteiger charge is 2.38. The Morgan fingerprint density at radius 1 is 1.00 bits per heavy atom. The fraction of sp³-hybridized carbons (Fsp3) is 0.273. The number of carbonyl (C=O) groups excluding carboxylic acids is 2. The van der Waals surface area contributed by atoms with Gasteiger partial charge in [-0.05, 0) is 16.5 Å². The van der Waals surface area contributed by atoms with E-state index in [9.17, 15) is 9.59 Å². The number of ether oxygens (including phenoxy) is 2. The summed E-state index contributed by atoms with van der Waals surface area (Å²) in [5, 5.41) is -0.438. The van der Waals surface area contributed by atoms with Crippen molar-refractivity contribution in [1.29, 1.82) is 0 Å². The summed E-state index contributed by atoms with van der Waals surface area (Å²) in [5.41, 5.74) is 1.53. The maximum absolute atomic E-state index is 13.0. The second-order valence-electron chi connectivity index (χ2n) is 7.50. The lowest BCUT2D eigenvalue weighted by Crippen LogP contribution is -2.20. The summed E-state index contributed by atoms with van der Waals surface area (Å²) in [6, 6.07) is 19.0. The van der Waals surface area contributed by atoms with Gasteiger partial charge in [0.1, 0.15) is 5.25 Å². The predicted octanol–water partition coefficient (Wildman–Crippen LogP) is 5.61. The second kappa shape index (κ2) is 8.01. The monoisotopic (exact) mass is 382 g/mol. The predicted molar refractivity (Wildman–Crippen MR) is 107 cm³/mol.